The third-order valence-electron chi connectivity index (χ3n) is 5.22. The molecule has 32 heavy (non-hydrogen) atoms. The second kappa shape index (κ2) is 10.9. The predicted molar refractivity (Wildman–Crippen MR) is 129 cm³/mol. The Kier molecular flexibility index (Phi) is 8.22. The second-order valence-electron chi connectivity index (χ2n) is 7.41. The van der Waals surface area contributed by atoms with Crippen molar-refractivity contribution in [1.29, 1.82) is 0 Å². The van der Waals surface area contributed by atoms with Crippen LogP contribution in [0.1, 0.15) is 30.8 Å². The first kappa shape index (κ1) is 24.2. The summed E-state index contributed by atoms with van der Waals surface area (Å²) in [7, 11) is -2.03. The molecular weight excluding hydrogens is 444 g/mol. The maximum absolute atomic E-state index is 13.1. The molecule has 0 saturated carbocycles. The van der Waals surface area contributed by atoms with Crippen molar-refractivity contribution in [3.63, 3.8) is 0 Å². The monoisotopic (exact) mass is 474 g/mol. The molecule has 0 spiro atoms. The number of likely N-dealkylation sites (N-methyl/N-ethyl adjacent to an activating group) is 2. The average Bonchev–Trinajstić information content (AvgIpc) is 3.24. The summed E-state index contributed by atoms with van der Waals surface area (Å²) >= 11 is 1.36. The highest BCUT2D eigenvalue weighted by atomic mass is 32.2. The van der Waals surface area contributed by atoms with E-state index in [1.54, 1.807) is 31.4 Å². The van der Waals surface area contributed by atoms with Gasteiger partial charge < -0.3 is 9.64 Å². The molecule has 172 valence electrons. The summed E-state index contributed by atoms with van der Waals surface area (Å²) in [5.74, 6) is 1.41. The van der Waals surface area contributed by atoms with Crippen molar-refractivity contribution >= 4 is 26.7 Å². The van der Waals surface area contributed by atoms with Gasteiger partial charge in [0.05, 0.1) is 12.0 Å². The Hall–Kier alpha value is -2.49. The molecule has 0 aliphatic carbocycles. The molecule has 9 heteroatoms. The van der Waals surface area contributed by atoms with E-state index in [0.29, 0.717) is 31.8 Å². The van der Waals surface area contributed by atoms with E-state index in [4.69, 9.17) is 9.72 Å². The topological polar surface area (TPSA) is 75.6 Å². The lowest BCUT2D eigenvalue weighted by molar-refractivity contribution is 0.413. The quantitative estimate of drug-likeness (QED) is 0.418. The minimum atomic E-state index is -3.58. The highest BCUT2D eigenvalue weighted by Crippen LogP contribution is 2.22. The largest absolute Gasteiger partial charge is 0.497 e. The first-order valence-corrected chi connectivity index (χ1v) is 12.9. The van der Waals surface area contributed by atoms with Gasteiger partial charge in [-0.1, -0.05) is 36.8 Å². The number of anilines is 1. The van der Waals surface area contributed by atoms with Gasteiger partial charge in [0, 0.05) is 44.1 Å². The van der Waals surface area contributed by atoms with Gasteiger partial charge in [-0.2, -0.15) is 8.68 Å². The van der Waals surface area contributed by atoms with E-state index in [1.165, 1.54) is 27.0 Å². The predicted octanol–water partition coefficient (Wildman–Crippen LogP) is 3.98. The molecule has 0 atom stereocenters. The van der Waals surface area contributed by atoms with Crippen LogP contribution in [0.2, 0.25) is 0 Å². The number of hydrogen-bond acceptors (Lipinski definition) is 7. The number of methoxy groups -OCH3 is 1. The number of ether oxygens (including phenoxy) is 1. The van der Waals surface area contributed by atoms with Crippen LogP contribution in [-0.2, 0) is 16.4 Å². The van der Waals surface area contributed by atoms with E-state index in [9.17, 15) is 8.42 Å². The molecule has 0 unspecified atom stereocenters. The van der Waals surface area contributed by atoms with Gasteiger partial charge in [0.1, 0.15) is 11.6 Å². The number of nitrogens with zero attached hydrogens (tertiary/aromatic N) is 4. The van der Waals surface area contributed by atoms with E-state index in [0.717, 1.165) is 17.5 Å². The van der Waals surface area contributed by atoms with E-state index in [-0.39, 0.29) is 4.90 Å². The van der Waals surface area contributed by atoms with Crippen molar-refractivity contribution in [3.05, 3.63) is 65.5 Å². The molecule has 1 heterocycles. The number of benzene rings is 2. The molecule has 0 fully saturated rings. The maximum atomic E-state index is 13.1. The molecule has 0 radical (unpaired) electrons. The fourth-order valence-electron chi connectivity index (χ4n) is 3.42. The molecule has 3 rings (SSSR count). The van der Waals surface area contributed by atoms with Crippen LogP contribution in [0.15, 0.2) is 53.4 Å². The van der Waals surface area contributed by atoms with E-state index < -0.39 is 10.0 Å². The van der Waals surface area contributed by atoms with Crippen LogP contribution < -0.4 is 9.64 Å². The molecule has 0 aliphatic heterocycles. The fourth-order valence-corrected chi connectivity index (χ4v) is 5.63. The van der Waals surface area contributed by atoms with E-state index in [2.05, 4.69) is 34.4 Å². The van der Waals surface area contributed by atoms with Crippen molar-refractivity contribution in [2.45, 2.75) is 32.1 Å². The Morgan fingerprint density at radius 1 is 1.03 bits per heavy atom. The Morgan fingerprint density at radius 2 is 1.78 bits per heavy atom. The average molecular weight is 475 g/mol. The third-order valence-corrected chi connectivity index (χ3v) is 8.03. The Balaban J connectivity index is 1.67. The van der Waals surface area contributed by atoms with Crippen LogP contribution in [0.4, 0.5) is 5.13 Å². The van der Waals surface area contributed by atoms with Crippen molar-refractivity contribution in [2.24, 2.45) is 0 Å². The van der Waals surface area contributed by atoms with Gasteiger partial charge in [-0.15, -0.1) is 0 Å². The summed E-state index contributed by atoms with van der Waals surface area (Å²) in [5, 5.41) is 0.813. The van der Waals surface area contributed by atoms with Gasteiger partial charge in [-0.3, -0.25) is 0 Å². The van der Waals surface area contributed by atoms with Crippen molar-refractivity contribution < 1.29 is 13.2 Å². The third kappa shape index (κ3) is 5.85. The summed E-state index contributed by atoms with van der Waals surface area (Å²) in [5.41, 5.74) is 2.39. The number of aromatic nitrogens is 2. The van der Waals surface area contributed by atoms with Crippen LogP contribution >= 0.6 is 11.5 Å². The number of hydrogen-bond donors (Lipinski definition) is 0. The van der Waals surface area contributed by atoms with Crippen molar-refractivity contribution in [3.8, 4) is 5.75 Å². The van der Waals surface area contributed by atoms with Gasteiger partial charge in [-0.25, -0.2) is 13.4 Å². The van der Waals surface area contributed by atoms with Crippen LogP contribution in [0.5, 0.6) is 5.75 Å². The van der Waals surface area contributed by atoms with E-state index >= 15 is 0 Å². The Bertz CT molecular complexity index is 1110. The zero-order chi connectivity index (χ0) is 23.1. The summed E-state index contributed by atoms with van der Waals surface area (Å²) < 4.78 is 37.3. The zero-order valence-electron chi connectivity index (χ0n) is 19.0. The first-order chi connectivity index (χ1) is 15.4. The second-order valence-corrected chi connectivity index (χ2v) is 10.1. The minimum Gasteiger partial charge on any atom is -0.497 e. The minimum absolute atomic E-state index is 0.263. The molecule has 3 aromatic rings. The van der Waals surface area contributed by atoms with E-state index in [1.807, 2.05) is 19.9 Å². The summed E-state index contributed by atoms with van der Waals surface area (Å²) in [6.45, 7) is 7.98. The summed E-state index contributed by atoms with van der Waals surface area (Å²) in [4.78, 5) is 7.04. The Labute approximate surface area is 194 Å². The van der Waals surface area contributed by atoms with Crippen LogP contribution in [0, 0.1) is 6.92 Å². The highest BCUT2D eigenvalue weighted by Gasteiger charge is 2.24. The van der Waals surface area contributed by atoms with Crippen LogP contribution in [0.3, 0.4) is 0 Å². The highest BCUT2D eigenvalue weighted by molar-refractivity contribution is 7.89. The van der Waals surface area contributed by atoms with Crippen LogP contribution in [-0.4, -0.2) is 55.4 Å². The molecule has 0 amide bonds. The molecule has 1 aromatic heterocycles. The summed E-state index contributed by atoms with van der Waals surface area (Å²) in [6, 6.07) is 14.8. The zero-order valence-corrected chi connectivity index (χ0v) is 20.6. The van der Waals surface area contributed by atoms with Gasteiger partial charge >= 0.3 is 0 Å². The van der Waals surface area contributed by atoms with Crippen LogP contribution in [0.25, 0.3) is 0 Å². The molecule has 7 nitrogen and oxygen atoms in total. The molecule has 0 saturated heterocycles. The fraction of sp³-hybridized carbons (Fsp3) is 0.391. The van der Waals surface area contributed by atoms with Gasteiger partial charge in [0.25, 0.3) is 0 Å². The molecule has 0 N–H and O–H groups in total. The molecule has 0 bridgehead atoms. The van der Waals surface area contributed by atoms with Crippen molar-refractivity contribution in [2.75, 3.05) is 38.2 Å². The SMILES string of the molecule is CCN(CCN(CC)S(=O)(=O)c1ccc(OC)cc1)c1nc(Cc2cccc(C)c2)ns1. The van der Waals surface area contributed by atoms with Gasteiger partial charge in [-0.05, 0) is 43.7 Å². The smallest absolute Gasteiger partial charge is 0.243 e. The lowest BCUT2D eigenvalue weighted by Crippen LogP contribution is -2.38. The number of sulfonamides is 1. The molecule has 2 aromatic carbocycles. The van der Waals surface area contributed by atoms with Gasteiger partial charge in [0.15, 0.2) is 0 Å². The molecule has 0 aliphatic rings. The first-order valence-electron chi connectivity index (χ1n) is 10.6. The Morgan fingerprint density at radius 3 is 2.41 bits per heavy atom. The standard InChI is InChI=1S/C23H30N4O3S2/c1-5-26(23-24-22(25-31-23)17-19-9-7-8-18(3)16-19)14-15-27(6-2)32(28,29)21-12-10-20(30-4)11-13-21/h7-13,16H,5-6,14-15,17H2,1-4H3. The lowest BCUT2D eigenvalue weighted by Gasteiger charge is -2.25. The lowest BCUT2D eigenvalue weighted by atomic mass is 10.1. The number of aryl methyl sites for hydroxylation is 1. The number of rotatable bonds is 11. The summed E-state index contributed by atoms with van der Waals surface area (Å²) in [6.07, 6.45) is 0.683. The van der Waals surface area contributed by atoms with Crippen molar-refractivity contribution in [1.82, 2.24) is 13.7 Å². The molecular formula is C23H30N4O3S2. The normalized spacial score (nSPS) is 11.7. The maximum Gasteiger partial charge on any atom is 0.243 e. The van der Waals surface area contributed by atoms with Gasteiger partial charge in [0.2, 0.25) is 15.2 Å².